The summed E-state index contributed by atoms with van der Waals surface area (Å²) in [4.78, 5) is 7.49. The van der Waals surface area contributed by atoms with Gasteiger partial charge in [-0.1, -0.05) is 18.2 Å². The summed E-state index contributed by atoms with van der Waals surface area (Å²) >= 11 is 0. The molecule has 0 amide bonds. The smallest absolute Gasteiger partial charge is 0.0491 e. The first-order valence-electron chi connectivity index (χ1n) is 6.52. The van der Waals surface area contributed by atoms with Crippen LogP contribution in [0.25, 0.3) is 32.8 Å². The van der Waals surface area contributed by atoms with E-state index in [4.69, 9.17) is 5.73 Å². The zero-order valence-electron chi connectivity index (χ0n) is 10.8. The lowest BCUT2D eigenvalue weighted by molar-refractivity contribution is 1.36. The Morgan fingerprint density at radius 3 is 2.80 bits per heavy atom. The standard InChI is InChI=1S/C17H13N3/c18-14-4-3-11-1-2-12(7-13(11)8-14)15-10-20-17-5-6-19-9-16(15)17/h1-10,20H,18H2. The lowest BCUT2D eigenvalue weighted by atomic mass is 10.0. The third kappa shape index (κ3) is 1.64. The van der Waals surface area contributed by atoms with Gasteiger partial charge in [0, 0.05) is 40.7 Å². The highest BCUT2D eigenvalue weighted by Crippen LogP contribution is 2.30. The maximum Gasteiger partial charge on any atom is 0.0491 e. The molecule has 0 aliphatic heterocycles. The normalized spacial score (nSPS) is 11.2. The number of H-pyrrole nitrogens is 1. The fourth-order valence-electron chi connectivity index (χ4n) is 2.63. The zero-order valence-corrected chi connectivity index (χ0v) is 10.8. The summed E-state index contributed by atoms with van der Waals surface area (Å²) in [7, 11) is 0. The van der Waals surface area contributed by atoms with E-state index in [1.54, 1.807) is 6.20 Å². The highest BCUT2D eigenvalue weighted by atomic mass is 14.7. The SMILES string of the molecule is Nc1ccc2ccc(-c3c[nH]c4ccncc34)cc2c1. The third-order valence-corrected chi connectivity index (χ3v) is 3.66. The Hall–Kier alpha value is -2.81. The van der Waals surface area contributed by atoms with Crippen LogP contribution in [0.15, 0.2) is 61.1 Å². The van der Waals surface area contributed by atoms with Gasteiger partial charge in [-0.25, -0.2) is 0 Å². The molecule has 0 aliphatic rings. The average molecular weight is 259 g/mol. The molecule has 0 bridgehead atoms. The first-order valence-corrected chi connectivity index (χ1v) is 6.52. The lowest BCUT2D eigenvalue weighted by Crippen LogP contribution is -1.84. The van der Waals surface area contributed by atoms with Crippen molar-refractivity contribution >= 4 is 27.4 Å². The van der Waals surface area contributed by atoms with Gasteiger partial charge >= 0.3 is 0 Å². The number of pyridine rings is 1. The van der Waals surface area contributed by atoms with Crippen LogP contribution in [0.3, 0.4) is 0 Å². The Balaban J connectivity index is 1.97. The summed E-state index contributed by atoms with van der Waals surface area (Å²) in [6.45, 7) is 0. The number of nitrogens with one attached hydrogen (secondary N) is 1. The van der Waals surface area contributed by atoms with Crippen molar-refractivity contribution in [1.29, 1.82) is 0 Å². The number of hydrogen-bond acceptors (Lipinski definition) is 2. The van der Waals surface area contributed by atoms with Gasteiger partial charge in [0.2, 0.25) is 0 Å². The van der Waals surface area contributed by atoms with Gasteiger partial charge in [-0.15, -0.1) is 0 Å². The number of benzene rings is 2. The van der Waals surface area contributed by atoms with Crippen LogP contribution >= 0.6 is 0 Å². The molecule has 2 heterocycles. The van der Waals surface area contributed by atoms with E-state index in [0.29, 0.717) is 0 Å². The Morgan fingerprint density at radius 1 is 0.950 bits per heavy atom. The van der Waals surface area contributed by atoms with Gasteiger partial charge in [0.15, 0.2) is 0 Å². The third-order valence-electron chi connectivity index (χ3n) is 3.66. The molecule has 2 aromatic carbocycles. The van der Waals surface area contributed by atoms with Crippen LogP contribution in [0.5, 0.6) is 0 Å². The number of rotatable bonds is 1. The Morgan fingerprint density at radius 2 is 1.85 bits per heavy atom. The predicted molar refractivity (Wildman–Crippen MR) is 83.4 cm³/mol. The van der Waals surface area contributed by atoms with E-state index >= 15 is 0 Å². The van der Waals surface area contributed by atoms with E-state index in [1.165, 1.54) is 10.9 Å². The maximum atomic E-state index is 5.87. The molecule has 0 fully saturated rings. The molecule has 0 unspecified atom stereocenters. The molecule has 4 aromatic rings. The summed E-state index contributed by atoms with van der Waals surface area (Å²) < 4.78 is 0. The second kappa shape index (κ2) is 4.10. The molecule has 3 heteroatoms. The molecule has 0 saturated carbocycles. The first kappa shape index (κ1) is 11.1. The molecule has 4 rings (SSSR count). The fourth-order valence-corrected chi connectivity index (χ4v) is 2.63. The highest BCUT2D eigenvalue weighted by molar-refractivity contribution is 5.98. The van der Waals surface area contributed by atoms with E-state index in [0.717, 1.165) is 27.5 Å². The van der Waals surface area contributed by atoms with Crippen molar-refractivity contribution in [1.82, 2.24) is 9.97 Å². The Kier molecular flexibility index (Phi) is 2.27. The number of anilines is 1. The van der Waals surface area contributed by atoms with Crippen LogP contribution in [-0.2, 0) is 0 Å². The van der Waals surface area contributed by atoms with Gasteiger partial charge in [-0.2, -0.15) is 0 Å². The second-order valence-electron chi connectivity index (χ2n) is 4.94. The van der Waals surface area contributed by atoms with Crippen molar-refractivity contribution in [2.75, 3.05) is 5.73 Å². The summed E-state index contributed by atoms with van der Waals surface area (Å²) in [6.07, 6.45) is 5.72. The predicted octanol–water partition coefficient (Wildman–Crippen LogP) is 3.97. The maximum absolute atomic E-state index is 5.87. The number of nitrogens with two attached hydrogens (primary N) is 1. The van der Waals surface area contributed by atoms with Crippen molar-refractivity contribution in [3.63, 3.8) is 0 Å². The number of hydrogen-bond donors (Lipinski definition) is 2. The van der Waals surface area contributed by atoms with E-state index in [9.17, 15) is 0 Å². The van der Waals surface area contributed by atoms with Gasteiger partial charge in [0.1, 0.15) is 0 Å². The van der Waals surface area contributed by atoms with Gasteiger partial charge in [-0.3, -0.25) is 4.98 Å². The Bertz CT molecular complexity index is 922. The van der Waals surface area contributed by atoms with Crippen molar-refractivity contribution in [2.24, 2.45) is 0 Å². The fraction of sp³-hybridized carbons (Fsp3) is 0. The first-order chi connectivity index (χ1) is 9.81. The van der Waals surface area contributed by atoms with E-state index < -0.39 is 0 Å². The topological polar surface area (TPSA) is 54.7 Å². The van der Waals surface area contributed by atoms with Crippen LogP contribution in [0.1, 0.15) is 0 Å². The number of fused-ring (bicyclic) bond motifs is 2. The van der Waals surface area contributed by atoms with Crippen molar-refractivity contribution in [3.8, 4) is 11.1 Å². The molecule has 20 heavy (non-hydrogen) atoms. The van der Waals surface area contributed by atoms with Crippen LogP contribution in [-0.4, -0.2) is 9.97 Å². The lowest BCUT2D eigenvalue weighted by Gasteiger charge is -2.04. The molecule has 0 aliphatic carbocycles. The monoisotopic (exact) mass is 259 g/mol. The minimum Gasteiger partial charge on any atom is -0.399 e. The van der Waals surface area contributed by atoms with Gasteiger partial charge in [0.05, 0.1) is 0 Å². The van der Waals surface area contributed by atoms with Crippen LogP contribution < -0.4 is 5.73 Å². The molecule has 96 valence electrons. The molecular formula is C17H13N3. The van der Waals surface area contributed by atoms with Gasteiger partial charge in [-0.05, 0) is 40.6 Å². The number of nitrogen functional groups attached to an aromatic ring is 1. The largest absolute Gasteiger partial charge is 0.399 e. The van der Waals surface area contributed by atoms with Gasteiger partial charge < -0.3 is 10.7 Å². The van der Waals surface area contributed by atoms with Crippen LogP contribution in [0, 0.1) is 0 Å². The Labute approximate surface area is 116 Å². The summed E-state index contributed by atoms with van der Waals surface area (Å²) in [5.74, 6) is 0. The van der Waals surface area contributed by atoms with Crippen molar-refractivity contribution in [2.45, 2.75) is 0 Å². The summed E-state index contributed by atoms with van der Waals surface area (Å²) in [5.41, 5.74) is 10.1. The number of aromatic amines is 1. The second-order valence-corrected chi connectivity index (χ2v) is 4.94. The van der Waals surface area contributed by atoms with Crippen molar-refractivity contribution in [3.05, 3.63) is 61.1 Å². The van der Waals surface area contributed by atoms with E-state index in [2.05, 4.69) is 28.2 Å². The summed E-state index contributed by atoms with van der Waals surface area (Å²) in [5, 5.41) is 3.48. The van der Waals surface area contributed by atoms with E-state index in [-0.39, 0.29) is 0 Å². The van der Waals surface area contributed by atoms with Crippen LogP contribution in [0.2, 0.25) is 0 Å². The summed E-state index contributed by atoms with van der Waals surface area (Å²) in [6, 6.07) is 14.4. The molecule has 2 aromatic heterocycles. The molecule has 0 saturated heterocycles. The molecule has 3 N–H and O–H groups in total. The number of nitrogens with zero attached hydrogens (tertiary/aromatic N) is 1. The minimum absolute atomic E-state index is 0.787. The molecule has 3 nitrogen and oxygen atoms in total. The molecular weight excluding hydrogens is 246 g/mol. The molecule has 0 spiro atoms. The molecule has 0 atom stereocenters. The number of aromatic nitrogens is 2. The van der Waals surface area contributed by atoms with Gasteiger partial charge in [0.25, 0.3) is 0 Å². The minimum atomic E-state index is 0.787. The average Bonchev–Trinajstić information content (AvgIpc) is 2.90. The molecule has 0 radical (unpaired) electrons. The van der Waals surface area contributed by atoms with Crippen LogP contribution in [0.4, 0.5) is 5.69 Å². The van der Waals surface area contributed by atoms with E-state index in [1.807, 2.05) is 36.7 Å². The zero-order chi connectivity index (χ0) is 13.5. The van der Waals surface area contributed by atoms with Crippen molar-refractivity contribution < 1.29 is 0 Å². The highest BCUT2D eigenvalue weighted by Gasteiger charge is 2.06. The quantitative estimate of drug-likeness (QED) is 0.508.